The summed E-state index contributed by atoms with van der Waals surface area (Å²) < 4.78 is 11.3. The first kappa shape index (κ1) is 18.9. The zero-order valence-electron chi connectivity index (χ0n) is 15.8. The summed E-state index contributed by atoms with van der Waals surface area (Å²) in [5.74, 6) is 0.686. The number of ether oxygens (including phenoxy) is 2. The van der Waals surface area contributed by atoms with Gasteiger partial charge in [0.1, 0.15) is 17.4 Å². The number of benzene rings is 2. The van der Waals surface area contributed by atoms with Gasteiger partial charge in [0.2, 0.25) is 11.8 Å². The second kappa shape index (κ2) is 7.90. The molecule has 0 unspecified atom stereocenters. The van der Waals surface area contributed by atoms with Crippen LogP contribution >= 0.6 is 11.6 Å². The molecule has 1 aromatic heterocycles. The molecule has 6 nitrogen and oxygen atoms in total. The highest BCUT2D eigenvalue weighted by Gasteiger charge is 2.36. The third kappa shape index (κ3) is 3.41. The fourth-order valence-electron chi connectivity index (χ4n) is 3.42. The van der Waals surface area contributed by atoms with Gasteiger partial charge in [0.25, 0.3) is 0 Å². The number of nitrogens with zero attached hydrogens (tertiary/aromatic N) is 2. The maximum atomic E-state index is 9.77. The number of allylic oxidation sites excluding steroid dienone is 1. The van der Waals surface area contributed by atoms with Crippen molar-refractivity contribution in [2.24, 2.45) is 5.73 Å². The van der Waals surface area contributed by atoms with Crippen molar-refractivity contribution in [3.8, 4) is 29.0 Å². The van der Waals surface area contributed by atoms with Crippen molar-refractivity contribution in [1.29, 1.82) is 5.26 Å². The Morgan fingerprint density at radius 2 is 2.00 bits per heavy atom. The standard InChI is InChI=1S/C22H19ClN4O2/c1-2-11-28-14-9-7-13(8-10-14)20-19-18(15-5-3-4-6-17(15)23)16(12-24)21(25)29-22(19)27-26-20/h3-10,18H,2,11,25H2,1H3,(H,26,27)/t18-/m0/s1. The third-order valence-corrected chi connectivity index (χ3v) is 5.12. The predicted octanol–water partition coefficient (Wildman–Crippen LogP) is 4.74. The Balaban J connectivity index is 1.83. The first-order chi connectivity index (χ1) is 14.1. The SMILES string of the molecule is CCCOc1ccc(-c2[nH]nc3c2[C@@H](c2ccccc2Cl)C(C#N)=C(N)O3)cc1. The van der Waals surface area contributed by atoms with Gasteiger partial charge >= 0.3 is 0 Å². The van der Waals surface area contributed by atoms with Gasteiger partial charge in [-0.25, -0.2) is 0 Å². The maximum Gasteiger partial charge on any atom is 0.244 e. The lowest BCUT2D eigenvalue weighted by atomic mass is 9.83. The molecule has 0 radical (unpaired) electrons. The summed E-state index contributed by atoms with van der Waals surface area (Å²) in [5, 5.41) is 17.6. The number of hydrogen-bond donors (Lipinski definition) is 2. The Bertz CT molecular complexity index is 1110. The average molecular weight is 407 g/mol. The minimum Gasteiger partial charge on any atom is -0.494 e. The van der Waals surface area contributed by atoms with E-state index in [0.717, 1.165) is 34.6 Å². The zero-order valence-corrected chi connectivity index (χ0v) is 16.5. The van der Waals surface area contributed by atoms with Crippen molar-refractivity contribution < 1.29 is 9.47 Å². The van der Waals surface area contributed by atoms with Crippen molar-refractivity contribution in [1.82, 2.24) is 10.2 Å². The summed E-state index contributed by atoms with van der Waals surface area (Å²) in [7, 11) is 0. The number of aromatic nitrogens is 2. The van der Waals surface area contributed by atoms with E-state index in [2.05, 4.69) is 23.2 Å². The summed E-state index contributed by atoms with van der Waals surface area (Å²) in [5.41, 5.74) is 9.45. The minimum absolute atomic E-state index is 0.0336. The molecule has 0 fully saturated rings. The second-order valence-electron chi connectivity index (χ2n) is 6.64. The molecule has 4 rings (SSSR count). The zero-order chi connectivity index (χ0) is 20.4. The Kier molecular flexibility index (Phi) is 5.15. The van der Waals surface area contributed by atoms with E-state index in [9.17, 15) is 5.26 Å². The summed E-state index contributed by atoms with van der Waals surface area (Å²) in [6.45, 7) is 2.73. The van der Waals surface area contributed by atoms with Crippen LogP contribution in [0.1, 0.15) is 30.4 Å². The molecule has 1 atom stereocenters. The highest BCUT2D eigenvalue weighted by molar-refractivity contribution is 6.31. The Labute approximate surface area is 173 Å². The number of rotatable bonds is 5. The van der Waals surface area contributed by atoms with Gasteiger partial charge in [-0.1, -0.05) is 36.7 Å². The highest BCUT2D eigenvalue weighted by Crippen LogP contribution is 2.47. The molecule has 3 N–H and O–H groups in total. The first-order valence-corrected chi connectivity index (χ1v) is 9.65. The molecule has 146 valence electrons. The number of nitriles is 1. The van der Waals surface area contributed by atoms with Crippen LogP contribution in [0.3, 0.4) is 0 Å². The van der Waals surface area contributed by atoms with Gasteiger partial charge in [-0.3, -0.25) is 5.10 Å². The number of nitrogens with one attached hydrogen (secondary N) is 1. The summed E-state index contributed by atoms with van der Waals surface area (Å²) in [6, 6.07) is 17.3. The summed E-state index contributed by atoms with van der Waals surface area (Å²) in [6.07, 6.45) is 0.942. The van der Waals surface area contributed by atoms with E-state index in [0.29, 0.717) is 23.1 Å². The Hall–Kier alpha value is -3.43. The van der Waals surface area contributed by atoms with E-state index >= 15 is 0 Å². The molecule has 0 amide bonds. The number of aromatic amines is 1. The first-order valence-electron chi connectivity index (χ1n) is 9.27. The smallest absolute Gasteiger partial charge is 0.244 e. The number of hydrogen-bond acceptors (Lipinski definition) is 5. The van der Waals surface area contributed by atoms with Crippen LogP contribution in [0.2, 0.25) is 5.02 Å². The topological polar surface area (TPSA) is 97.0 Å². The van der Waals surface area contributed by atoms with Crippen molar-refractivity contribution in [3.05, 3.63) is 76.1 Å². The number of H-pyrrole nitrogens is 1. The van der Waals surface area contributed by atoms with Crippen LogP contribution in [-0.4, -0.2) is 16.8 Å². The number of nitrogens with two attached hydrogens (primary N) is 1. The van der Waals surface area contributed by atoms with Gasteiger partial charge < -0.3 is 15.2 Å². The van der Waals surface area contributed by atoms with Gasteiger partial charge in [-0.05, 0) is 42.3 Å². The van der Waals surface area contributed by atoms with E-state index in [1.807, 2.05) is 42.5 Å². The molecular formula is C22H19ClN4O2. The predicted molar refractivity (Wildman–Crippen MR) is 111 cm³/mol. The normalized spacial score (nSPS) is 15.4. The fourth-order valence-corrected chi connectivity index (χ4v) is 3.67. The van der Waals surface area contributed by atoms with E-state index in [4.69, 9.17) is 26.8 Å². The van der Waals surface area contributed by atoms with Crippen LogP contribution in [0.15, 0.2) is 60.0 Å². The van der Waals surface area contributed by atoms with Crippen molar-refractivity contribution in [3.63, 3.8) is 0 Å². The molecule has 3 aromatic rings. The van der Waals surface area contributed by atoms with Crippen LogP contribution in [-0.2, 0) is 0 Å². The van der Waals surface area contributed by atoms with Crippen LogP contribution in [0, 0.1) is 11.3 Å². The van der Waals surface area contributed by atoms with E-state index in [1.54, 1.807) is 6.07 Å². The molecule has 0 aliphatic carbocycles. The minimum atomic E-state index is -0.484. The summed E-state index contributed by atoms with van der Waals surface area (Å²) >= 11 is 6.47. The lowest BCUT2D eigenvalue weighted by Crippen LogP contribution is -2.21. The van der Waals surface area contributed by atoms with Gasteiger partial charge in [-0.15, -0.1) is 5.10 Å². The molecule has 1 aliphatic heterocycles. The summed E-state index contributed by atoms with van der Waals surface area (Å²) in [4.78, 5) is 0. The number of halogens is 1. The van der Waals surface area contributed by atoms with Crippen molar-refractivity contribution in [2.45, 2.75) is 19.3 Å². The lowest BCUT2D eigenvalue weighted by molar-refractivity contribution is 0.317. The van der Waals surface area contributed by atoms with E-state index in [1.165, 1.54) is 0 Å². The fraction of sp³-hybridized carbons (Fsp3) is 0.182. The van der Waals surface area contributed by atoms with Crippen LogP contribution in [0.25, 0.3) is 11.3 Å². The van der Waals surface area contributed by atoms with Gasteiger partial charge in [-0.2, -0.15) is 5.26 Å². The molecule has 0 bridgehead atoms. The molecule has 1 aliphatic rings. The highest BCUT2D eigenvalue weighted by atomic mass is 35.5. The average Bonchev–Trinajstić information content (AvgIpc) is 3.15. The van der Waals surface area contributed by atoms with Crippen molar-refractivity contribution >= 4 is 11.6 Å². The third-order valence-electron chi connectivity index (χ3n) is 4.77. The van der Waals surface area contributed by atoms with Crippen molar-refractivity contribution in [2.75, 3.05) is 6.61 Å². The van der Waals surface area contributed by atoms with E-state index < -0.39 is 5.92 Å². The van der Waals surface area contributed by atoms with Gasteiger partial charge in [0.05, 0.1) is 23.8 Å². The molecule has 2 aromatic carbocycles. The monoisotopic (exact) mass is 406 g/mol. The molecule has 29 heavy (non-hydrogen) atoms. The maximum absolute atomic E-state index is 9.77. The molecule has 2 heterocycles. The molecular weight excluding hydrogens is 388 g/mol. The lowest BCUT2D eigenvalue weighted by Gasteiger charge is -2.24. The number of fused-ring (bicyclic) bond motifs is 1. The quantitative estimate of drug-likeness (QED) is 0.638. The van der Waals surface area contributed by atoms with Gasteiger partial charge in [0, 0.05) is 10.6 Å². The molecule has 0 spiro atoms. The van der Waals surface area contributed by atoms with Gasteiger partial charge in [0.15, 0.2) is 0 Å². The molecule has 7 heteroatoms. The Morgan fingerprint density at radius 1 is 1.24 bits per heavy atom. The Morgan fingerprint density at radius 3 is 2.69 bits per heavy atom. The van der Waals surface area contributed by atoms with E-state index in [-0.39, 0.29) is 5.88 Å². The van der Waals surface area contributed by atoms with Crippen LogP contribution in [0.4, 0.5) is 0 Å². The largest absolute Gasteiger partial charge is 0.494 e. The van der Waals surface area contributed by atoms with Crippen LogP contribution in [0.5, 0.6) is 11.6 Å². The molecule has 0 saturated carbocycles. The van der Waals surface area contributed by atoms with Crippen LogP contribution < -0.4 is 15.2 Å². The second-order valence-corrected chi connectivity index (χ2v) is 7.04. The molecule has 0 saturated heterocycles.